The zero-order valence-electron chi connectivity index (χ0n) is 14.1. The van der Waals surface area contributed by atoms with Gasteiger partial charge in [0.2, 0.25) is 0 Å². The quantitative estimate of drug-likeness (QED) is 0.227. The van der Waals surface area contributed by atoms with Crippen molar-refractivity contribution < 1.29 is 9.53 Å². The second-order valence-electron chi connectivity index (χ2n) is 5.96. The summed E-state index contributed by atoms with van der Waals surface area (Å²) >= 11 is 0. The number of hydrogen-bond acceptors (Lipinski definition) is 2. The van der Waals surface area contributed by atoms with Crippen LogP contribution in [-0.4, -0.2) is 6.47 Å². The van der Waals surface area contributed by atoms with Crippen molar-refractivity contribution in [3.63, 3.8) is 0 Å². The summed E-state index contributed by atoms with van der Waals surface area (Å²) in [5.41, 5.74) is 0. The van der Waals surface area contributed by atoms with Crippen LogP contribution in [0.2, 0.25) is 0 Å². The van der Waals surface area contributed by atoms with E-state index in [0.717, 1.165) is 6.42 Å². The molecule has 2 heteroatoms. The Balaban J connectivity index is 2.98. The maximum absolute atomic E-state index is 9.77. The molecule has 0 bridgehead atoms. The van der Waals surface area contributed by atoms with E-state index < -0.39 is 0 Å². The first-order valence-electron chi connectivity index (χ1n) is 9.09. The van der Waals surface area contributed by atoms with Crippen LogP contribution in [0, 0.1) is 0 Å². The van der Waals surface area contributed by atoms with Crippen LogP contribution in [0.3, 0.4) is 0 Å². The van der Waals surface area contributed by atoms with Crippen LogP contribution < -0.4 is 0 Å². The first kappa shape index (κ1) is 20.2. The minimum absolute atomic E-state index is 1.000. The van der Waals surface area contributed by atoms with Crippen molar-refractivity contribution in [2.24, 2.45) is 0 Å². The summed E-state index contributed by atoms with van der Waals surface area (Å²) in [7, 11) is 0. The van der Waals surface area contributed by atoms with Crippen LogP contribution in [0.1, 0.15) is 103 Å². The van der Waals surface area contributed by atoms with E-state index >= 15 is 0 Å². The monoisotopic (exact) mass is 295 g/mol. The standard InChI is InChI=1S/C19H35O2/c1-2-3-4-5-6-7-8-9-10-11-12-13-14-15-16-17-18-21-19-20/h17-18H,2-16H2,1H3/b18-17+. The first-order chi connectivity index (χ1) is 10.4. The molecule has 0 spiro atoms. The lowest BCUT2D eigenvalue weighted by atomic mass is 10.0. The van der Waals surface area contributed by atoms with Gasteiger partial charge in [-0.05, 0) is 18.9 Å². The van der Waals surface area contributed by atoms with Gasteiger partial charge in [-0.3, -0.25) is 0 Å². The molecule has 0 saturated carbocycles. The fraction of sp³-hybridized carbons (Fsp3) is 0.842. The lowest BCUT2D eigenvalue weighted by molar-refractivity contribution is 0.396. The average molecular weight is 295 g/mol. The summed E-state index contributed by atoms with van der Waals surface area (Å²) < 4.78 is 4.37. The van der Waals surface area contributed by atoms with Crippen molar-refractivity contribution in [1.29, 1.82) is 0 Å². The molecule has 0 aliphatic heterocycles. The maximum atomic E-state index is 9.77. The van der Waals surface area contributed by atoms with E-state index in [9.17, 15) is 4.79 Å². The second kappa shape index (κ2) is 19.2. The van der Waals surface area contributed by atoms with Crippen molar-refractivity contribution in [2.45, 2.75) is 103 Å². The van der Waals surface area contributed by atoms with Crippen LogP contribution in [-0.2, 0) is 9.53 Å². The molecule has 21 heavy (non-hydrogen) atoms. The van der Waals surface area contributed by atoms with Gasteiger partial charge in [0.25, 0.3) is 0 Å². The minimum Gasteiger partial charge on any atom is -0.426 e. The van der Waals surface area contributed by atoms with Gasteiger partial charge in [0.1, 0.15) is 0 Å². The van der Waals surface area contributed by atoms with Crippen LogP contribution in [0.4, 0.5) is 0 Å². The van der Waals surface area contributed by atoms with E-state index in [1.807, 2.05) is 6.08 Å². The molecule has 2 nitrogen and oxygen atoms in total. The van der Waals surface area contributed by atoms with Gasteiger partial charge in [-0.1, -0.05) is 90.4 Å². The van der Waals surface area contributed by atoms with Gasteiger partial charge in [0, 0.05) is 0 Å². The van der Waals surface area contributed by atoms with Crippen molar-refractivity contribution in [3.8, 4) is 0 Å². The molecule has 1 radical (unpaired) electrons. The highest BCUT2D eigenvalue weighted by Crippen LogP contribution is 2.13. The summed E-state index contributed by atoms with van der Waals surface area (Å²) in [6, 6.07) is 0. The lowest BCUT2D eigenvalue weighted by Crippen LogP contribution is -1.83. The third-order valence-corrected chi connectivity index (χ3v) is 3.94. The van der Waals surface area contributed by atoms with Gasteiger partial charge < -0.3 is 4.74 Å². The molecule has 0 aliphatic carbocycles. The van der Waals surface area contributed by atoms with E-state index in [1.54, 1.807) is 0 Å². The molecule has 0 atom stereocenters. The van der Waals surface area contributed by atoms with Crippen molar-refractivity contribution in [2.75, 3.05) is 0 Å². The largest absolute Gasteiger partial charge is 0.426 e. The summed E-state index contributed by atoms with van der Waals surface area (Å²) in [6.07, 6.45) is 23.7. The number of unbranched alkanes of at least 4 members (excludes halogenated alkanes) is 14. The molecule has 0 aromatic heterocycles. The van der Waals surface area contributed by atoms with Crippen molar-refractivity contribution in [3.05, 3.63) is 12.3 Å². The highest BCUT2D eigenvalue weighted by Gasteiger charge is 1.93. The Bertz CT molecular complexity index is 224. The Labute approximate surface area is 132 Å². The maximum Gasteiger partial charge on any atom is 0.422 e. The molecule has 0 unspecified atom stereocenters. The zero-order valence-corrected chi connectivity index (χ0v) is 14.1. The molecular formula is C19H35O2. The molecule has 0 amide bonds. The predicted octanol–water partition coefficient (Wildman–Crippen LogP) is 6.46. The van der Waals surface area contributed by atoms with Gasteiger partial charge in [0.15, 0.2) is 0 Å². The van der Waals surface area contributed by atoms with Gasteiger partial charge >= 0.3 is 6.47 Å². The number of hydrogen-bond donors (Lipinski definition) is 0. The van der Waals surface area contributed by atoms with E-state index in [-0.39, 0.29) is 0 Å². The van der Waals surface area contributed by atoms with Crippen LogP contribution >= 0.6 is 0 Å². The smallest absolute Gasteiger partial charge is 0.422 e. The van der Waals surface area contributed by atoms with E-state index in [0.29, 0.717) is 0 Å². The zero-order chi connectivity index (χ0) is 15.4. The van der Waals surface area contributed by atoms with Gasteiger partial charge in [-0.15, -0.1) is 0 Å². The Kier molecular flexibility index (Phi) is 18.5. The van der Waals surface area contributed by atoms with Crippen LogP contribution in [0.5, 0.6) is 0 Å². The normalized spacial score (nSPS) is 11.1. The molecule has 0 N–H and O–H groups in total. The Morgan fingerprint density at radius 3 is 1.57 bits per heavy atom. The summed E-state index contributed by atoms with van der Waals surface area (Å²) in [4.78, 5) is 9.77. The molecule has 0 fully saturated rings. The number of ether oxygens (including phenoxy) is 1. The summed E-state index contributed by atoms with van der Waals surface area (Å²) in [5.74, 6) is 0. The topological polar surface area (TPSA) is 26.3 Å². The molecular weight excluding hydrogens is 260 g/mol. The van der Waals surface area contributed by atoms with Crippen LogP contribution in [0.15, 0.2) is 12.3 Å². The SMILES string of the molecule is CCCCCCCCCCCCCCCC/C=C/O[C]=O. The van der Waals surface area contributed by atoms with Gasteiger partial charge in [-0.2, -0.15) is 0 Å². The highest BCUT2D eigenvalue weighted by molar-refractivity contribution is 5.39. The molecule has 0 aliphatic rings. The van der Waals surface area contributed by atoms with E-state index in [4.69, 9.17) is 0 Å². The Hall–Kier alpha value is -0.790. The van der Waals surface area contributed by atoms with Crippen molar-refractivity contribution in [1.82, 2.24) is 0 Å². The van der Waals surface area contributed by atoms with Gasteiger partial charge in [0.05, 0.1) is 6.26 Å². The van der Waals surface area contributed by atoms with E-state index in [2.05, 4.69) is 11.7 Å². The predicted molar refractivity (Wildman–Crippen MR) is 90.8 cm³/mol. The summed E-state index contributed by atoms with van der Waals surface area (Å²) in [6.45, 7) is 3.66. The van der Waals surface area contributed by atoms with E-state index in [1.165, 1.54) is 103 Å². The summed E-state index contributed by atoms with van der Waals surface area (Å²) in [5, 5.41) is 0. The van der Waals surface area contributed by atoms with Crippen LogP contribution in [0.25, 0.3) is 0 Å². The molecule has 0 saturated heterocycles. The lowest BCUT2D eigenvalue weighted by Gasteiger charge is -2.02. The Morgan fingerprint density at radius 2 is 1.14 bits per heavy atom. The number of allylic oxidation sites excluding steroid dienone is 1. The fourth-order valence-electron chi connectivity index (χ4n) is 2.60. The minimum atomic E-state index is 1.000. The molecule has 123 valence electrons. The molecule has 0 heterocycles. The second-order valence-corrected chi connectivity index (χ2v) is 5.96. The Morgan fingerprint density at radius 1 is 0.714 bits per heavy atom. The van der Waals surface area contributed by atoms with Gasteiger partial charge in [-0.25, -0.2) is 4.79 Å². The third-order valence-electron chi connectivity index (χ3n) is 3.94. The number of carbonyl (C=O) groups excluding carboxylic acids is 1. The highest BCUT2D eigenvalue weighted by atomic mass is 16.5. The first-order valence-corrected chi connectivity index (χ1v) is 9.09. The molecule has 0 aromatic carbocycles. The average Bonchev–Trinajstić information content (AvgIpc) is 2.50. The number of rotatable bonds is 17. The fourth-order valence-corrected chi connectivity index (χ4v) is 2.60. The third kappa shape index (κ3) is 19.2. The van der Waals surface area contributed by atoms with Crippen molar-refractivity contribution >= 4 is 6.47 Å². The molecule has 0 rings (SSSR count). The molecule has 0 aromatic rings.